The minimum Gasteiger partial charge on any atom is -0.368 e. The summed E-state index contributed by atoms with van der Waals surface area (Å²) in [6.45, 7) is 1.56. The number of carbonyl (C=O) groups is 3. The van der Waals surface area contributed by atoms with Crippen molar-refractivity contribution in [1.29, 1.82) is 0 Å². The Hall–Kier alpha value is -2.93. The van der Waals surface area contributed by atoms with Gasteiger partial charge in [-0.1, -0.05) is 36.4 Å². The van der Waals surface area contributed by atoms with Gasteiger partial charge in [-0.3, -0.25) is 19.3 Å². The molecule has 1 aliphatic heterocycles. The standard InChI is InChI=1S/C19H22N4O3/c20-17(24)11-22-18(25)10-16-19(26)21-7-8-23(16)12-13-5-6-14-3-1-2-4-15(14)9-13/h1-6,9,16H,7-8,10-12H2,(H2,20,24)(H,21,26)(H,22,25)/t16-/m1/s1. The zero-order valence-corrected chi connectivity index (χ0v) is 14.4. The number of nitrogens with two attached hydrogens (primary N) is 1. The molecule has 4 N–H and O–H groups in total. The molecule has 7 nitrogen and oxygen atoms in total. The number of piperazine rings is 1. The van der Waals surface area contributed by atoms with Gasteiger partial charge < -0.3 is 16.4 Å². The first-order valence-corrected chi connectivity index (χ1v) is 8.57. The maximum Gasteiger partial charge on any atom is 0.237 e. The van der Waals surface area contributed by atoms with E-state index in [0.29, 0.717) is 19.6 Å². The van der Waals surface area contributed by atoms with Gasteiger partial charge in [0.1, 0.15) is 0 Å². The van der Waals surface area contributed by atoms with Crippen LogP contribution in [-0.4, -0.2) is 48.3 Å². The average molecular weight is 354 g/mol. The van der Waals surface area contributed by atoms with Crippen LogP contribution in [0, 0.1) is 0 Å². The Morgan fingerprint density at radius 1 is 1.19 bits per heavy atom. The summed E-state index contributed by atoms with van der Waals surface area (Å²) in [7, 11) is 0. The molecule has 0 radical (unpaired) electrons. The van der Waals surface area contributed by atoms with Crippen molar-refractivity contribution >= 4 is 28.5 Å². The number of nitrogens with zero attached hydrogens (tertiary/aromatic N) is 1. The number of benzene rings is 2. The summed E-state index contributed by atoms with van der Waals surface area (Å²) in [4.78, 5) is 37.0. The third kappa shape index (κ3) is 4.37. The molecule has 0 spiro atoms. The topological polar surface area (TPSA) is 105 Å². The number of primary amides is 1. The van der Waals surface area contributed by atoms with Gasteiger partial charge in [-0.25, -0.2) is 0 Å². The SMILES string of the molecule is NC(=O)CNC(=O)C[C@@H]1C(=O)NCCN1Cc1ccc2ccccc2c1. The number of nitrogens with one attached hydrogen (secondary N) is 2. The largest absolute Gasteiger partial charge is 0.368 e. The number of hydrogen-bond donors (Lipinski definition) is 3. The Labute approximate surface area is 151 Å². The van der Waals surface area contributed by atoms with Crippen molar-refractivity contribution in [1.82, 2.24) is 15.5 Å². The van der Waals surface area contributed by atoms with E-state index in [1.54, 1.807) is 0 Å². The van der Waals surface area contributed by atoms with Gasteiger partial charge in [-0.05, 0) is 22.4 Å². The van der Waals surface area contributed by atoms with Crippen molar-refractivity contribution in [3.05, 3.63) is 48.0 Å². The summed E-state index contributed by atoms with van der Waals surface area (Å²) in [5.74, 6) is -1.15. The predicted octanol–water partition coefficient (Wildman–Crippen LogP) is 0.132. The molecule has 1 saturated heterocycles. The highest BCUT2D eigenvalue weighted by atomic mass is 16.2. The summed E-state index contributed by atoms with van der Waals surface area (Å²) in [5, 5.41) is 7.54. The van der Waals surface area contributed by atoms with E-state index >= 15 is 0 Å². The van der Waals surface area contributed by atoms with Crippen molar-refractivity contribution in [3.8, 4) is 0 Å². The first kappa shape index (κ1) is 17.9. The minimum atomic E-state index is -0.612. The highest BCUT2D eigenvalue weighted by molar-refractivity contribution is 5.90. The van der Waals surface area contributed by atoms with Crippen LogP contribution in [0.5, 0.6) is 0 Å². The minimum absolute atomic E-state index is 0.00725. The summed E-state index contributed by atoms with van der Waals surface area (Å²) in [5.41, 5.74) is 6.12. The molecule has 3 rings (SSSR count). The lowest BCUT2D eigenvalue weighted by atomic mass is 10.0. The van der Waals surface area contributed by atoms with E-state index in [-0.39, 0.29) is 24.8 Å². The fourth-order valence-corrected chi connectivity index (χ4v) is 3.18. The van der Waals surface area contributed by atoms with Gasteiger partial charge in [0, 0.05) is 19.6 Å². The maximum atomic E-state index is 12.3. The normalized spacial score (nSPS) is 17.7. The van der Waals surface area contributed by atoms with Crippen LogP contribution in [0.15, 0.2) is 42.5 Å². The third-order valence-electron chi connectivity index (χ3n) is 4.48. The smallest absolute Gasteiger partial charge is 0.237 e. The maximum absolute atomic E-state index is 12.3. The van der Waals surface area contributed by atoms with Crippen molar-refractivity contribution in [3.63, 3.8) is 0 Å². The van der Waals surface area contributed by atoms with E-state index in [2.05, 4.69) is 34.9 Å². The van der Waals surface area contributed by atoms with Gasteiger partial charge >= 0.3 is 0 Å². The van der Waals surface area contributed by atoms with E-state index in [4.69, 9.17) is 5.73 Å². The molecule has 136 valence electrons. The zero-order valence-electron chi connectivity index (χ0n) is 14.4. The van der Waals surface area contributed by atoms with Crippen LogP contribution in [0.25, 0.3) is 10.8 Å². The second kappa shape index (κ2) is 7.97. The molecule has 2 aromatic carbocycles. The number of amides is 3. The number of fused-ring (bicyclic) bond motifs is 1. The molecule has 0 saturated carbocycles. The lowest BCUT2D eigenvalue weighted by molar-refractivity contribution is -0.134. The summed E-state index contributed by atoms with van der Waals surface area (Å²) in [6, 6.07) is 13.7. The Bertz CT molecular complexity index is 836. The summed E-state index contributed by atoms with van der Waals surface area (Å²) < 4.78 is 0. The molecule has 2 aromatic rings. The van der Waals surface area contributed by atoms with Crippen LogP contribution in [0.1, 0.15) is 12.0 Å². The van der Waals surface area contributed by atoms with Gasteiger partial charge in [-0.2, -0.15) is 0 Å². The summed E-state index contributed by atoms with van der Waals surface area (Å²) >= 11 is 0. The predicted molar refractivity (Wildman–Crippen MR) is 98.0 cm³/mol. The lowest BCUT2D eigenvalue weighted by Crippen LogP contribution is -2.56. The molecule has 1 heterocycles. The van der Waals surface area contributed by atoms with Gasteiger partial charge in [0.25, 0.3) is 0 Å². The molecular formula is C19H22N4O3. The van der Waals surface area contributed by atoms with Crippen LogP contribution in [0.2, 0.25) is 0 Å². The van der Waals surface area contributed by atoms with Crippen LogP contribution in [-0.2, 0) is 20.9 Å². The molecule has 0 unspecified atom stereocenters. The molecule has 1 fully saturated rings. The average Bonchev–Trinajstić information content (AvgIpc) is 2.63. The van der Waals surface area contributed by atoms with E-state index in [9.17, 15) is 14.4 Å². The molecule has 3 amide bonds. The third-order valence-corrected chi connectivity index (χ3v) is 4.48. The molecule has 26 heavy (non-hydrogen) atoms. The Balaban J connectivity index is 1.71. The van der Waals surface area contributed by atoms with E-state index in [1.807, 2.05) is 23.1 Å². The van der Waals surface area contributed by atoms with Crippen LogP contribution in [0.4, 0.5) is 0 Å². The zero-order chi connectivity index (χ0) is 18.5. The molecule has 0 bridgehead atoms. The fraction of sp³-hybridized carbons (Fsp3) is 0.316. The second-order valence-electron chi connectivity index (χ2n) is 6.41. The van der Waals surface area contributed by atoms with Gasteiger partial charge in [0.15, 0.2) is 0 Å². The molecule has 1 aliphatic rings. The van der Waals surface area contributed by atoms with Crippen molar-refractivity contribution in [2.24, 2.45) is 5.73 Å². The van der Waals surface area contributed by atoms with Gasteiger partial charge in [0.05, 0.1) is 19.0 Å². The molecule has 0 aliphatic carbocycles. The van der Waals surface area contributed by atoms with Crippen molar-refractivity contribution < 1.29 is 14.4 Å². The molecule has 0 aromatic heterocycles. The van der Waals surface area contributed by atoms with Crippen molar-refractivity contribution in [2.75, 3.05) is 19.6 Å². The van der Waals surface area contributed by atoms with E-state index < -0.39 is 11.9 Å². The quantitative estimate of drug-likeness (QED) is 0.686. The monoisotopic (exact) mass is 354 g/mol. The van der Waals surface area contributed by atoms with Crippen LogP contribution < -0.4 is 16.4 Å². The van der Waals surface area contributed by atoms with Crippen molar-refractivity contribution in [2.45, 2.75) is 19.0 Å². The Kier molecular flexibility index (Phi) is 5.48. The van der Waals surface area contributed by atoms with E-state index in [0.717, 1.165) is 16.3 Å². The fourth-order valence-electron chi connectivity index (χ4n) is 3.18. The highest BCUT2D eigenvalue weighted by Crippen LogP contribution is 2.19. The van der Waals surface area contributed by atoms with Crippen LogP contribution >= 0.6 is 0 Å². The van der Waals surface area contributed by atoms with Crippen LogP contribution in [0.3, 0.4) is 0 Å². The van der Waals surface area contributed by atoms with E-state index in [1.165, 1.54) is 0 Å². The Morgan fingerprint density at radius 2 is 1.96 bits per heavy atom. The molecule has 7 heteroatoms. The molecular weight excluding hydrogens is 332 g/mol. The first-order valence-electron chi connectivity index (χ1n) is 8.57. The molecule has 1 atom stereocenters. The summed E-state index contributed by atoms with van der Waals surface area (Å²) in [6.07, 6.45) is -0.00725. The number of carbonyl (C=O) groups excluding carboxylic acids is 3. The van der Waals surface area contributed by atoms with Gasteiger partial charge in [0.2, 0.25) is 17.7 Å². The Morgan fingerprint density at radius 3 is 2.73 bits per heavy atom. The number of hydrogen-bond acceptors (Lipinski definition) is 4. The second-order valence-corrected chi connectivity index (χ2v) is 6.41. The van der Waals surface area contributed by atoms with Gasteiger partial charge in [-0.15, -0.1) is 0 Å². The highest BCUT2D eigenvalue weighted by Gasteiger charge is 2.31. The lowest BCUT2D eigenvalue weighted by Gasteiger charge is -2.34. The first-order chi connectivity index (χ1) is 12.5. The number of rotatable bonds is 6.